The summed E-state index contributed by atoms with van der Waals surface area (Å²) >= 11 is 0. The Morgan fingerprint density at radius 1 is 1.41 bits per heavy atom. The van der Waals surface area contributed by atoms with Gasteiger partial charge in [0.1, 0.15) is 5.82 Å². The smallest absolute Gasteiger partial charge is 0.109 e. The van der Waals surface area contributed by atoms with Crippen LogP contribution in [0.4, 0.5) is 0 Å². The number of aliphatic hydroxyl groups excluding tert-OH is 1. The second-order valence-electron chi connectivity index (χ2n) is 4.15. The van der Waals surface area contributed by atoms with Crippen LogP contribution in [-0.4, -0.2) is 34.4 Å². The molecule has 17 heavy (non-hydrogen) atoms. The maximum atomic E-state index is 9.26. The molecule has 1 heterocycles. The first kappa shape index (κ1) is 12.1. The normalized spacial score (nSPS) is 13.1. The number of hydrogen-bond acceptors (Lipinski definition) is 3. The predicted octanol–water partition coefficient (Wildman–Crippen LogP) is 1.18. The summed E-state index contributed by atoms with van der Waals surface area (Å²) in [6, 6.07) is 8.19. The van der Waals surface area contributed by atoms with Crippen LogP contribution in [0.5, 0.6) is 0 Å². The van der Waals surface area contributed by atoms with Crippen LogP contribution in [-0.2, 0) is 13.0 Å². The molecule has 0 saturated carbocycles. The topological polar surface area (TPSA) is 50.1 Å². The molecular formula is C13H19N3O. The summed E-state index contributed by atoms with van der Waals surface area (Å²) in [5, 5.41) is 12.4. The summed E-state index contributed by atoms with van der Waals surface area (Å²) < 4.78 is 2.19. The summed E-state index contributed by atoms with van der Waals surface area (Å²) in [5.41, 5.74) is 2.16. The van der Waals surface area contributed by atoms with Gasteiger partial charge in [-0.2, -0.15) is 0 Å². The number of aliphatic hydroxyl groups is 1. The van der Waals surface area contributed by atoms with Crippen molar-refractivity contribution in [1.29, 1.82) is 0 Å². The minimum Gasteiger partial charge on any atom is -0.395 e. The first-order chi connectivity index (χ1) is 8.30. The lowest BCUT2D eigenvalue weighted by Crippen LogP contribution is -2.34. The van der Waals surface area contributed by atoms with E-state index in [2.05, 4.69) is 27.9 Å². The van der Waals surface area contributed by atoms with Crippen molar-refractivity contribution in [3.8, 4) is 0 Å². The van der Waals surface area contributed by atoms with E-state index in [9.17, 15) is 5.11 Å². The number of nitrogens with one attached hydrogen (secondary N) is 1. The molecule has 0 radical (unpaired) electrons. The quantitative estimate of drug-likeness (QED) is 0.815. The van der Waals surface area contributed by atoms with Crippen LogP contribution in [0.2, 0.25) is 0 Å². The van der Waals surface area contributed by atoms with Crippen molar-refractivity contribution in [1.82, 2.24) is 14.9 Å². The third-order valence-electron chi connectivity index (χ3n) is 3.08. The molecule has 0 saturated heterocycles. The number of benzene rings is 1. The van der Waals surface area contributed by atoms with Crippen LogP contribution in [0.15, 0.2) is 24.3 Å². The molecule has 2 rings (SSSR count). The van der Waals surface area contributed by atoms with Crippen molar-refractivity contribution < 1.29 is 5.11 Å². The second-order valence-corrected chi connectivity index (χ2v) is 4.15. The summed E-state index contributed by atoms with van der Waals surface area (Å²) in [7, 11) is 1.87. The highest BCUT2D eigenvalue weighted by molar-refractivity contribution is 5.75. The van der Waals surface area contributed by atoms with Gasteiger partial charge in [-0.15, -0.1) is 0 Å². The molecule has 1 unspecified atom stereocenters. The van der Waals surface area contributed by atoms with E-state index in [0.717, 1.165) is 29.8 Å². The van der Waals surface area contributed by atoms with E-state index in [0.29, 0.717) is 0 Å². The fraction of sp³-hybridized carbons (Fsp3) is 0.462. The lowest BCUT2D eigenvalue weighted by molar-refractivity contribution is 0.235. The zero-order valence-corrected chi connectivity index (χ0v) is 10.3. The van der Waals surface area contributed by atoms with Crippen LogP contribution < -0.4 is 5.32 Å². The minimum atomic E-state index is 0.0675. The lowest BCUT2D eigenvalue weighted by Gasteiger charge is -2.16. The first-order valence-corrected chi connectivity index (χ1v) is 6.02. The van der Waals surface area contributed by atoms with Gasteiger partial charge in [0.15, 0.2) is 0 Å². The van der Waals surface area contributed by atoms with Gasteiger partial charge in [-0.05, 0) is 19.2 Å². The number of likely N-dealkylation sites (N-methyl/N-ethyl adjacent to an activating group) is 1. The van der Waals surface area contributed by atoms with E-state index in [1.54, 1.807) is 0 Å². The molecule has 0 aliphatic heterocycles. The zero-order valence-electron chi connectivity index (χ0n) is 10.3. The summed E-state index contributed by atoms with van der Waals surface area (Å²) in [6.45, 7) is 2.98. The van der Waals surface area contributed by atoms with Crippen LogP contribution in [0.1, 0.15) is 12.7 Å². The Hall–Kier alpha value is -1.39. The standard InChI is InChI=1S/C13H19N3O/c1-3-13-15-11-6-4-5-7-12(11)16(13)8-10(9-17)14-2/h4-7,10,14,17H,3,8-9H2,1-2H3. The van der Waals surface area contributed by atoms with Crippen molar-refractivity contribution in [3.05, 3.63) is 30.1 Å². The van der Waals surface area contributed by atoms with Crippen molar-refractivity contribution in [3.63, 3.8) is 0 Å². The lowest BCUT2D eigenvalue weighted by atomic mass is 10.2. The molecule has 4 heteroatoms. The number of para-hydroxylation sites is 2. The predicted molar refractivity (Wildman–Crippen MR) is 69.0 cm³/mol. The number of rotatable bonds is 5. The van der Waals surface area contributed by atoms with Crippen LogP contribution >= 0.6 is 0 Å². The fourth-order valence-electron chi connectivity index (χ4n) is 2.06. The van der Waals surface area contributed by atoms with E-state index < -0.39 is 0 Å². The Morgan fingerprint density at radius 2 is 2.18 bits per heavy atom. The summed E-state index contributed by atoms with van der Waals surface area (Å²) in [6.07, 6.45) is 0.899. The number of nitrogens with zero attached hydrogens (tertiary/aromatic N) is 2. The number of fused-ring (bicyclic) bond motifs is 1. The average molecular weight is 233 g/mol. The SMILES string of the molecule is CCc1nc2ccccc2n1CC(CO)NC. The van der Waals surface area contributed by atoms with Crippen molar-refractivity contribution >= 4 is 11.0 Å². The minimum absolute atomic E-state index is 0.0675. The van der Waals surface area contributed by atoms with Crippen molar-refractivity contribution in [2.75, 3.05) is 13.7 Å². The third-order valence-corrected chi connectivity index (χ3v) is 3.08. The van der Waals surface area contributed by atoms with E-state index >= 15 is 0 Å². The Morgan fingerprint density at radius 3 is 2.82 bits per heavy atom. The van der Waals surface area contributed by atoms with Gasteiger partial charge in [-0.1, -0.05) is 19.1 Å². The third kappa shape index (κ3) is 2.33. The van der Waals surface area contributed by atoms with Gasteiger partial charge in [0.25, 0.3) is 0 Å². The molecule has 0 spiro atoms. The van der Waals surface area contributed by atoms with E-state index in [-0.39, 0.29) is 12.6 Å². The highest BCUT2D eigenvalue weighted by Crippen LogP contribution is 2.16. The Balaban J connectivity index is 2.42. The number of imidazole rings is 1. The molecule has 0 fully saturated rings. The zero-order chi connectivity index (χ0) is 12.3. The van der Waals surface area contributed by atoms with Gasteiger partial charge in [0.2, 0.25) is 0 Å². The van der Waals surface area contributed by atoms with Gasteiger partial charge < -0.3 is 15.0 Å². The first-order valence-electron chi connectivity index (χ1n) is 6.02. The maximum absolute atomic E-state index is 9.26. The highest BCUT2D eigenvalue weighted by Gasteiger charge is 2.12. The molecule has 2 N–H and O–H groups in total. The molecule has 0 bridgehead atoms. The number of aromatic nitrogens is 2. The fourth-order valence-corrected chi connectivity index (χ4v) is 2.06. The molecule has 92 valence electrons. The van der Waals surface area contributed by atoms with Crippen molar-refractivity contribution in [2.24, 2.45) is 0 Å². The summed E-state index contributed by atoms with van der Waals surface area (Å²) in [5.74, 6) is 1.07. The molecule has 1 atom stereocenters. The van der Waals surface area contributed by atoms with E-state index in [1.165, 1.54) is 0 Å². The van der Waals surface area contributed by atoms with Gasteiger partial charge in [-0.25, -0.2) is 4.98 Å². The molecule has 0 aliphatic carbocycles. The van der Waals surface area contributed by atoms with Crippen LogP contribution in [0, 0.1) is 0 Å². The second kappa shape index (κ2) is 5.29. The van der Waals surface area contributed by atoms with Crippen LogP contribution in [0.25, 0.3) is 11.0 Å². The molecule has 0 aliphatic rings. The monoisotopic (exact) mass is 233 g/mol. The van der Waals surface area contributed by atoms with Gasteiger partial charge in [0.05, 0.1) is 17.6 Å². The summed E-state index contributed by atoms with van der Waals surface area (Å²) in [4.78, 5) is 4.61. The molecule has 1 aromatic heterocycles. The molecule has 2 aromatic rings. The van der Waals surface area contributed by atoms with E-state index in [1.807, 2.05) is 25.2 Å². The van der Waals surface area contributed by atoms with Gasteiger partial charge in [0, 0.05) is 19.0 Å². The van der Waals surface area contributed by atoms with Gasteiger partial charge in [-0.3, -0.25) is 0 Å². The number of hydrogen-bond donors (Lipinski definition) is 2. The Kier molecular flexibility index (Phi) is 3.76. The molecular weight excluding hydrogens is 214 g/mol. The maximum Gasteiger partial charge on any atom is 0.109 e. The Labute approximate surface area is 101 Å². The number of aryl methyl sites for hydroxylation is 1. The largest absolute Gasteiger partial charge is 0.395 e. The molecule has 0 amide bonds. The molecule has 4 nitrogen and oxygen atoms in total. The van der Waals surface area contributed by atoms with Crippen LogP contribution in [0.3, 0.4) is 0 Å². The average Bonchev–Trinajstić information content (AvgIpc) is 2.73. The van der Waals surface area contributed by atoms with E-state index in [4.69, 9.17) is 0 Å². The molecule has 1 aromatic carbocycles. The Bertz CT molecular complexity index is 488. The van der Waals surface area contributed by atoms with Crippen molar-refractivity contribution in [2.45, 2.75) is 25.9 Å². The van der Waals surface area contributed by atoms with Gasteiger partial charge >= 0.3 is 0 Å². The highest BCUT2D eigenvalue weighted by atomic mass is 16.3.